The van der Waals surface area contributed by atoms with Gasteiger partial charge < -0.3 is 5.32 Å². The van der Waals surface area contributed by atoms with Gasteiger partial charge in [0.05, 0.1) is 0 Å². The summed E-state index contributed by atoms with van der Waals surface area (Å²) < 4.78 is 27.0. The summed E-state index contributed by atoms with van der Waals surface area (Å²) >= 11 is 1.37. The fraction of sp³-hybridized carbons (Fsp3) is 0.400. The van der Waals surface area contributed by atoms with Gasteiger partial charge in [-0.15, -0.1) is 11.3 Å². The van der Waals surface area contributed by atoms with E-state index in [-0.39, 0.29) is 11.1 Å². The number of thiazole rings is 1. The third kappa shape index (κ3) is 3.08. The number of benzene rings is 1. The number of sulfonamides is 1. The van der Waals surface area contributed by atoms with E-state index in [1.807, 2.05) is 37.4 Å². The highest BCUT2D eigenvalue weighted by molar-refractivity contribution is 7.89. The van der Waals surface area contributed by atoms with Crippen LogP contribution in [0.2, 0.25) is 0 Å². The minimum atomic E-state index is -3.50. The smallest absolute Gasteiger partial charge is 0.261 e. The molecule has 1 N–H and O–H groups in total. The zero-order valence-corrected chi connectivity index (χ0v) is 14.0. The van der Waals surface area contributed by atoms with Gasteiger partial charge in [-0.3, -0.25) is 0 Å². The third-order valence-corrected chi connectivity index (χ3v) is 6.69. The predicted octanol–water partition coefficient (Wildman–Crippen LogP) is 2.18. The molecule has 1 unspecified atom stereocenters. The minimum absolute atomic E-state index is 0.160. The second kappa shape index (κ2) is 6.45. The maximum absolute atomic E-state index is 12.7. The lowest BCUT2D eigenvalue weighted by molar-refractivity contribution is 0.292. The molecule has 1 aromatic carbocycles. The Balaban J connectivity index is 1.85. The van der Waals surface area contributed by atoms with Gasteiger partial charge in [0, 0.05) is 30.1 Å². The highest BCUT2D eigenvalue weighted by Crippen LogP contribution is 2.28. The molecular formula is C15H19N3O2S2. The summed E-state index contributed by atoms with van der Waals surface area (Å²) in [6, 6.07) is 9.87. The molecule has 118 valence electrons. The van der Waals surface area contributed by atoms with Gasteiger partial charge in [0.25, 0.3) is 10.0 Å². The SMILES string of the molecule is CNC1CCCN(S(=O)(=O)c2csc(-c3ccccc3)n2)C1. The number of likely N-dealkylation sites (N-methyl/N-ethyl adjacent to an activating group) is 1. The molecular weight excluding hydrogens is 318 g/mol. The molecule has 1 aliphatic heterocycles. The number of rotatable bonds is 4. The van der Waals surface area contributed by atoms with Crippen molar-refractivity contribution in [3.8, 4) is 10.6 Å². The summed E-state index contributed by atoms with van der Waals surface area (Å²) in [4.78, 5) is 4.35. The zero-order chi connectivity index (χ0) is 15.6. The summed E-state index contributed by atoms with van der Waals surface area (Å²) in [6.07, 6.45) is 1.88. The van der Waals surface area contributed by atoms with Crippen molar-refractivity contribution in [1.82, 2.24) is 14.6 Å². The Labute approximate surface area is 135 Å². The Morgan fingerprint density at radius 3 is 2.82 bits per heavy atom. The fourth-order valence-corrected chi connectivity index (χ4v) is 5.21. The van der Waals surface area contributed by atoms with Crippen molar-refractivity contribution in [2.45, 2.75) is 23.9 Å². The standard InChI is InChI=1S/C15H19N3O2S2/c1-16-13-8-5-9-18(10-13)22(19,20)14-11-21-15(17-14)12-6-3-2-4-7-12/h2-4,6-7,11,13,16H,5,8-10H2,1H3. The summed E-state index contributed by atoms with van der Waals surface area (Å²) in [5.74, 6) is 0. The van der Waals surface area contributed by atoms with Gasteiger partial charge in [-0.05, 0) is 19.9 Å². The van der Waals surface area contributed by atoms with Gasteiger partial charge in [0.2, 0.25) is 0 Å². The van der Waals surface area contributed by atoms with Gasteiger partial charge in [-0.1, -0.05) is 30.3 Å². The van der Waals surface area contributed by atoms with Gasteiger partial charge in [-0.2, -0.15) is 4.31 Å². The van der Waals surface area contributed by atoms with Crippen LogP contribution in [0.1, 0.15) is 12.8 Å². The van der Waals surface area contributed by atoms with Gasteiger partial charge in [0.1, 0.15) is 5.01 Å². The molecule has 2 heterocycles. The van der Waals surface area contributed by atoms with Gasteiger partial charge in [-0.25, -0.2) is 13.4 Å². The van der Waals surface area contributed by atoms with Gasteiger partial charge >= 0.3 is 0 Å². The number of hydrogen-bond acceptors (Lipinski definition) is 5. The molecule has 1 fully saturated rings. The van der Waals surface area contributed by atoms with Crippen LogP contribution in [-0.2, 0) is 10.0 Å². The summed E-state index contributed by atoms with van der Waals surface area (Å²) in [5.41, 5.74) is 0.945. The van der Waals surface area contributed by atoms with Crippen LogP contribution in [0, 0.1) is 0 Å². The number of hydrogen-bond donors (Lipinski definition) is 1. The molecule has 0 saturated carbocycles. The monoisotopic (exact) mass is 337 g/mol. The molecule has 0 spiro atoms. The van der Waals surface area contributed by atoms with Crippen LogP contribution in [0.5, 0.6) is 0 Å². The molecule has 1 atom stereocenters. The van der Waals surface area contributed by atoms with Crippen LogP contribution in [0.25, 0.3) is 10.6 Å². The van der Waals surface area contributed by atoms with E-state index in [4.69, 9.17) is 0 Å². The van der Waals surface area contributed by atoms with E-state index < -0.39 is 10.0 Å². The van der Waals surface area contributed by atoms with Crippen LogP contribution in [0.4, 0.5) is 0 Å². The molecule has 2 aromatic rings. The molecule has 7 heteroatoms. The van der Waals surface area contributed by atoms with Crippen molar-refractivity contribution in [2.24, 2.45) is 0 Å². The molecule has 1 saturated heterocycles. The summed E-state index contributed by atoms with van der Waals surface area (Å²) in [7, 11) is -1.63. The van der Waals surface area contributed by atoms with E-state index in [9.17, 15) is 8.42 Å². The van der Waals surface area contributed by atoms with Gasteiger partial charge in [0.15, 0.2) is 5.03 Å². The largest absolute Gasteiger partial charge is 0.316 e. The number of nitrogens with zero attached hydrogens (tertiary/aromatic N) is 2. The highest BCUT2D eigenvalue weighted by Gasteiger charge is 2.31. The van der Waals surface area contributed by atoms with Crippen molar-refractivity contribution >= 4 is 21.4 Å². The molecule has 0 aliphatic carbocycles. The lowest BCUT2D eigenvalue weighted by atomic mass is 10.1. The number of nitrogens with one attached hydrogen (secondary N) is 1. The zero-order valence-electron chi connectivity index (χ0n) is 12.4. The average Bonchev–Trinajstić information content (AvgIpc) is 3.06. The van der Waals surface area contributed by atoms with E-state index in [0.717, 1.165) is 23.4 Å². The molecule has 0 bridgehead atoms. The average molecular weight is 337 g/mol. The first-order valence-electron chi connectivity index (χ1n) is 7.29. The van der Waals surface area contributed by atoms with Crippen LogP contribution in [-0.4, -0.2) is 43.9 Å². The van der Waals surface area contributed by atoms with Crippen LogP contribution >= 0.6 is 11.3 Å². The van der Waals surface area contributed by atoms with Crippen molar-refractivity contribution in [3.05, 3.63) is 35.7 Å². The topological polar surface area (TPSA) is 62.3 Å². The minimum Gasteiger partial charge on any atom is -0.316 e. The van der Waals surface area contributed by atoms with E-state index >= 15 is 0 Å². The molecule has 5 nitrogen and oxygen atoms in total. The molecule has 0 radical (unpaired) electrons. The Morgan fingerprint density at radius 1 is 1.32 bits per heavy atom. The van der Waals surface area contributed by atoms with E-state index in [0.29, 0.717) is 13.1 Å². The number of piperidine rings is 1. The Morgan fingerprint density at radius 2 is 2.09 bits per heavy atom. The van der Waals surface area contributed by atoms with Crippen molar-refractivity contribution < 1.29 is 8.42 Å². The first kappa shape index (κ1) is 15.6. The van der Waals surface area contributed by atoms with E-state index in [2.05, 4.69) is 10.3 Å². The van der Waals surface area contributed by atoms with Crippen LogP contribution in [0.15, 0.2) is 40.7 Å². The maximum Gasteiger partial charge on any atom is 0.261 e. The lowest BCUT2D eigenvalue weighted by Crippen LogP contribution is -2.46. The Hall–Kier alpha value is -1.28. The fourth-order valence-electron chi connectivity index (χ4n) is 2.62. The quantitative estimate of drug-likeness (QED) is 0.929. The molecule has 22 heavy (non-hydrogen) atoms. The number of aromatic nitrogens is 1. The third-order valence-electron chi connectivity index (χ3n) is 3.90. The summed E-state index contributed by atoms with van der Waals surface area (Å²) in [6.45, 7) is 1.08. The normalized spacial score (nSPS) is 20.1. The molecule has 0 amide bonds. The van der Waals surface area contributed by atoms with Crippen LogP contribution in [0.3, 0.4) is 0 Å². The Kier molecular flexibility index (Phi) is 4.58. The van der Waals surface area contributed by atoms with E-state index in [1.165, 1.54) is 11.3 Å². The van der Waals surface area contributed by atoms with Crippen molar-refractivity contribution in [3.63, 3.8) is 0 Å². The molecule has 3 rings (SSSR count). The summed E-state index contributed by atoms with van der Waals surface area (Å²) in [5, 5.41) is 5.70. The second-order valence-corrected chi connectivity index (χ2v) is 8.09. The molecule has 1 aliphatic rings. The lowest BCUT2D eigenvalue weighted by Gasteiger charge is -2.31. The van der Waals surface area contributed by atoms with Crippen molar-refractivity contribution in [2.75, 3.05) is 20.1 Å². The Bertz CT molecular complexity index is 728. The van der Waals surface area contributed by atoms with Crippen LogP contribution < -0.4 is 5.32 Å². The molecule has 1 aromatic heterocycles. The maximum atomic E-state index is 12.7. The van der Waals surface area contributed by atoms with E-state index in [1.54, 1.807) is 9.69 Å². The highest BCUT2D eigenvalue weighted by atomic mass is 32.2. The first-order valence-corrected chi connectivity index (χ1v) is 9.61. The first-order chi connectivity index (χ1) is 10.6. The second-order valence-electron chi connectivity index (χ2n) is 5.35. The van der Waals surface area contributed by atoms with Crippen molar-refractivity contribution in [1.29, 1.82) is 0 Å². The predicted molar refractivity (Wildman–Crippen MR) is 88.4 cm³/mol.